The number of benzene rings is 3. The van der Waals surface area contributed by atoms with Crippen molar-refractivity contribution in [1.82, 2.24) is 0 Å². The molecule has 0 aliphatic carbocycles. The van der Waals surface area contributed by atoms with Crippen LogP contribution in [0.2, 0.25) is 5.02 Å². The third-order valence-electron chi connectivity index (χ3n) is 5.35. The van der Waals surface area contributed by atoms with Crippen LogP contribution in [0.5, 0.6) is 0 Å². The number of halogens is 2. The molecule has 0 unspecified atom stereocenters. The van der Waals surface area contributed by atoms with Gasteiger partial charge in [-0.15, -0.1) is 0 Å². The molecule has 8 heteroatoms. The second-order valence-electron chi connectivity index (χ2n) is 7.51. The summed E-state index contributed by atoms with van der Waals surface area (Å²) in [5, 5.41) is 0.370. The quantitative estimate of drug-likeness (QED) is 0.481. The van der Waals surface area contributed by atoms with Crippen LogP contribution in [-0.4, -0.2) is 34.6 Å². The summed E-state index contributed by atoms with van der Waals surface area (Å²) in [6, 6.07) is 18.8. The van der Waals surface area contributed by atoms with Gasteiger partial charge >= 0.3 is 0 Å². The molecule has 176 valence electrons. The first-order valence-electron chi connectivity index (χ1n) is 11.0. The van der Waals surface area contributed by atoms with Gasteiger partial charge in [0.15, 0.2) is 0 Å². The zero-order valence-corrected chi connectivity index (χ0v) is 20.6. The molecule has 0 spiro atoms. The Kier molecular flexibility index (Phi) is 8.21. The van der Waals surface area contributed by atoms with E-state index in [4.69, 9.17) is 11.6 Å². The molecule has 0 aromatic heterocycles. The van der Waals surface area contributed by atoms with Crippen molar-refractivity contribution in [2.45, 2.75) is 25.7 Å². The number of para-hydroxylation sites is 2. The predicted molar refractivity (Wildman–Crippen MR) is 136 cm³/mol. The van der Waals surface area contributed by atoms with Gasteiger partial charge in [0.05, 0.1) is 22.0 Å². The van der Waals surface area contributed by atoms with E-state index in [0.29, 0.717) is 42.6 Å². The van der Waals surface area contributed by atoms with Gasteiger partial charge in [0.1, 0.15) is 5.82 Å². The van der Waals surface area contributed by atoms with Crippen LogP contribution in [0.15, 0.2) is 71.6 Å². The van der Waals surface area contributed by atoms with Crippen LogP contribution in [-0.2, 0) is 10.0 Å². The van der Waals surface area contributed by atoms with Gasteiger partial charge in [0.25, 0.3) is 10.0 Å². The largest absolute Gasteiger partial charge is 0.366 e. The Morgan fingerprint density at radius 2 is 1.42 bits per heavy atom. The van der Waals surface area contributed by atoms with Crippen molar-refractivity contribution >= 4 is 38.7 Å². The molecule has 0 saturated carbocycles. The van der Waals surface area contributed by atoms with Gasteiger partial charge < -0.3 is 9.80 Å². The number of piperazine rings is 1. The first-order chi connectivity index (χ1) is 15.8. The van der Waals surface area contributed by atoms with E-state index in [1.807, 2.05) is 37.8 Å². The van der Waals surface area contributed by atoms with Gasteiger partial charge in [0.2, 0.25) is 0 Å². The second kappa shape index (κ2) is 10.9. The molecular weight excluding hydrogens is 461 g/mol. The Hall–Kier alpha value is -2.77. The van der Waals surface area contributed by atoms with E-state index in [2.05, 4.69) is 9.62 Å². The molecule has 33 heavy (non-hydrogen) atoms. The molecule has 1 N–H and O–H groups in total. The minimum Gasteiger partial charge on any atom is -0.366 e. The fraction of sp³-hybridized carbons (Fsp3) is 0.280. The highest BCUT2D eigenvalue weighted by Crippen LogP contribution is 2.30. The number of rotatable bonds is 5. The summed E-state index contributed by atoms with van der Waals surface area (Å²) in [5.41, 5.74) is 2.84. The zero-order valence-electron chi connectivity index (χ0n) is 19.1. The Morgan fingerprint density at radius 3 is 2.03 bits per heavy atom. The molecule has 0 amide bonds. The third kappa shape index (κ3) is 5.97. The summed E-state index contributed by atoms with van der Waals surface area (Å²) in [4.78, 5) is 4.30. The normalized spacial score (nSPS) is 13.8. The summed E-state index contributed by atoms with van der Waals surface area (Å²) < 4.78 is 42.7. The van der Waals surface area contributed by atoms with Gasteiger partial charge in [-0.2, -0.15) is 0 Å². The smallest absolute Gasteiger partial charge is 0.261 e. The van der Waals surface area contributed by atoms with Crippen molar-refractivity contribution in [3.63, 3.8) is 0 Å². The number of sulfonamides is 1. The maximum atomic E-state index is 14.3. The maximum absolute atomic E-state index is 14.3. The van der Waals surface area contributed by atoms with E-state index in [1.54, 1.807) is 48.5 Å². The standard InChI is InChI=1S/C23H23ClFN3O2S.C2H6/c1-17-6-9-19(10-7-17)31(29,30)26-21-4-2-3-5-23(21)28-14-12-27(13-15-28)22-11-8-18(24)16-20(22)25;1-2/h2-11,16,26H,12-15H2,1H3;1-2H3. The Bertz CT molecular complexity index is 1180. The second-order valence-corrected chi connectivity index (χ2v) is 9.62. The summed E-state index contributed by atoms with van der Waals surface area (Å²) in [7, 11) is -3.70. The van der Waals surface area contributed by atoms with Crippen molar-refractivity contribution in [2.75, 3.05) is 40.7 Å². The number of nitrogens with one attached hydrogen (secondary N) is 1. The molecule has 1 fully saturated rings. The number of hydrogen-bond donors (Lipinski definition) is 1. The molecule has 1 aliphatic heterocycles. The third-order valence-corrected chi connectivity index (χ3v) is 6.97. The lowest BCUT2D eigenvalue weighted by Gasteiger charge is -2.38. The van der Waals surface area contributed by atoms with Crippen LogP contribution in [0.25, 0.3) is 0 Å². The fourth-order valence-electron chi connectivity index (χ4n) is 3.68. The highest BCUT2D eigenvalue weighted by Gasteiger charge is 2.23. The topological polar surface area (TPSA) is 52.7 Å². The van der Waals surface area contributed by atoms with Gasteiger partial charge in [-0.25, -0.2) is 12.8 Å². The van der Waals surface area contributed by atoms with Crippen molar-refractivity contribution < 1.29 is 12.8 Å². The zero-order chi connectivity index (χ0) is 24.0. The molecule has 4 rings (SSSR count). The number of anilines is 3. The van der Waals surface area contributed by atoms with E-state index in [1.165, 1.54) is 6.07 Å². The van der Waals surface area contributed by atoms with E-state index in [9.17, 15) is 12.8 Å². The average molecular weight is 490 g/mol. The number of hydrogen-bond acceptors (Lipinski definition) is 4. The molecule has 1 heterocycles. The van der Waals surface area contributed by atoms with Crippen molar-refractivity contribution in [1.29, 1.82) is 0 Å². The maximum Gasteiger partial charge on any atom is 0.261 e. The van der Waals surface area contributed by atoms with Crippen molar-refractivity contribution in [3.8, 4) is 0 Å². The Labute approximate surface area is 200 Å². The first-order valence-corrected chi connectivity index (χ1v) is 12.8. The molecule has 3 aromatic rings. The minimum atomic E-state index is -3.70. The lowest BCUT2D eigenvalue weighted by Crippen LogP contribution is -2.47. The highest BCUT2D eigenvalue weighted by atomic mass is 35.5. The summed E-state index contributed by atoms with van der Waals surface area (Å²) >= 11 is 5.86. The van der Waals surface area contributed by atoms with Crippen LogP contribution in [0.1, 0.15) is 19.4 Å². The number of nitrogens with zero attached hydrogens (tertiary/aromatic N) is 2. The Balaban J connectivity index is 0.00000149. The van der Waals surface area contributed by atoms with Crippen LogP contribution in [0.3, 0.4) is 0 Å². The van der Waals surface area contributed by atoms with Crippen LogP contribution >= 0.6 is 11.6 Å². The van der Waals surface area contributed by atoms with Crippen LogP contribution in [0.4, 0.5) is 21.5 Å². The van der Waals surface area contributed by atoms with E-state index in [-0.39, 0.29) is 10.7 Å². The van der Waals surface area contributed by atoms with Gasteiger partial charge in [0, 0.05) is 31.2 Å². The lowest BCUT2D eigenvalue weighted by atomic mass is 10.2. The summed E-state index contributed by atoms with van der Waals surface area (Å²) in [5.74, 6) is -0.341. The van der Waals surface area contributed by atoms with Gasteiger partial charge in [-0.1, -0.05) is 55.3 Å². The van der Waals surface area contributed by atoms with Gasteiger partial charge in [-0.3, -0.25) is 4.72 Å². The Morgan fingerprint density at radius 1 is 0.848 bits per heavy atom. The fourth-order valence-corrected chi connectivity index (χ4v) is 4.92. The highest BCUT2D eigenvalue weighted by molar-refractivity contribution is 7.92. The predicted octanol–water partition coefficient (Wildman–Crippen LogP) is 5.94. The van der Waals surface area contributed by atoms with E-state index < -0.39 is 10.0 Å². The lowest BCUT2D eigenvalue weighted by molar-refractivity contribution is 0.597. The first kappa shape index (κ1) is 24.9. The van der Waals surface area contributed by atoms with Crippen LogP contribution < -0.4 is 14.5 Å². The van der Waals surface area contributed by atoms with E-state index in [0.717, 1.165) is 11.3 Å². The van der Waals surface area contributed by atoms with Crippen molar-refractivity contribution in [2.24, 2.45) is 0 Å². The molecule has 3 aromatic carbocycles. The monoisotopic (exact) mass is 489 g/mol. The van der Waals surface area contributed by atoms with E-state index >= 15 is 0 Å². The minimum absolute atomic E-state index is 0.218. The molecule has 0 bridgehead atoms. The molecule has 1 saturated heterocycles. The van der Waals surface area contributed by atoms with Crippen LogP contribution in [0, 0.1) is 12.7 Å². The molecular formula is C25H29ClFN3O2S. The number of aryl methyl sites for hydroxylation is 1. The SMILES string of the molecule is CC.Cc1ccc(S(=O)(=O)Nc2ccccc2N2CCN(c3ccc(Cl)cc3F)CC2)cc1. The molecule has 5 nitrogen and oxygen atoms in total. The molecule has 0 atom stereocenters. The van der Waals surface area contributed by atoms with Crippen molar-refractivity contribution in [3.05, 3.63) is 83.1 Å². The molecule has 1 aliphatic rings. The average Bonchev–Trinajstić information content (AvgIpc) is 2.81. The molecule has 0 radical (unpaired) electrons. The van der Waals surface area contributed by atoms with Gasteiger partial charge in [-0.05, 0) is 49.4 Å². The summed E-state index contributed by atoms with van der Waals surface area (Å²) in [6.45, 7) is 8.39. The summed E-state index contributed by atoms with van der Waals surface area (Å²) in [6.07, 6.45) is 0.